The third kappa shape index (κ3) is 3.48. The number of amides is 1. The average molecular weight is 306 g/mol. The second-order valence-electron chi connectivity index (χ2n) is 5.51. The lowest BCUT2D eigenvalue weighted by Crippen LogP contribution is -2.26. The maximum atomic E-state index is 12.1. The summed E-state index contributed by atoms with van der Waals surface area (Å²) in [5.74, 6) is 0.386. The van der Waals surface area contributed by atoms with E-state index in [-0.39, 0.29) is 11.9 Å². The number of aryl methyl sites for hydroxylation is 1. The van der Waals surface area contributed by atoms with Crippen molar-refractivity contribution >= 4 is 5.91 Å². The summed E-state index contributed by atoms with van der Waals surface area (Å²) in [6.07, 6.45) is 0. The van der Waals surface area contributed by atoms with Gasteiger partial charge in [-0.25, -0.2) is 0 Å². The molecule has 0 aliphatic carbocycles. The van der Waals surface area contributed by atoms with E-state index in [1.165, 1.54) is 5.56 Å². The van der Waals surface area contributed by atoms with Gasteiger partial charge >= 0.3 is 0 Å². The summed E-state index contributed by atoms with van der Waals surface area (Å²) < 4.78 is 4.93. The zero-order valence-corrected chi connectivity index (χ0v) is 13.1. The maximum absolute atomic E-state index is 12.1. The van der Waals surface area contributed by atoms with Crippen LogP contribution in [-0.4, -0.2) is 11.1 Å². The number of nitrogens with one attached hydrogen (secondary N) is 1. The summed E-state index contributed by atoms with van der Waals surface area (Å²) in [6.45, 7) is 3.71. The number of rotatable bonds is 4. The van der Waals surface area contributed by atoms with Crippen LogP contribution in [-0.2, 0) is 0 Å². The van der Waals surface area contributed by atoms with E-state index in [1.807, 2.05) is 37.3 Å². The summed E-state index contributed by atoms with van der Waals surface area (Å²) in [7, 11) is 0. The van der Waals surface area contributed by atoms with Crippen LogP contribution in [0.15, 0.2) is 65.2 Å². The summed E-state index contributed by atoms with van der Waals surface area (Å²) in [5, 5.41) is 6.65. The van der Waals surface area contributed by atoms with Crippen molar-refractivity contribution < 1.29 is 9.32 Å². The number of hydrogen-bond donors (Lipinski definition) is 1. The van der Waals surface area contributed by atoms with Crippen molar-refractivity contribution in [3.05, 3.63) is 77.7 Å². The number of hydrogen-bond acceptors (Lipinski definition) is 3. The van der Waals surface area contributed by atoms with Crippen LogP contribution in [0.5, 0.6) is 0 Å². The molecule has 0 aliphatic heterocycles. The van der Waals surface area contributed by atoms with E-state index in [0.29, 0.717) is 11.5 Å². The fourth-order valence-corrected chi connectivity index (χ4v) is 2.42. The van der Waals surface area contributed by atoms with Crippen molar-refractivity contribution in [3.63, 3.8) is 0 Å². The molecular weight excluding hydrogens is 288 g/mol. The van der Waals surface area contributed by atoms with Gasteiger partial charge in [0.15, 0.2) is 5.69 Å². The highest BCUT2D eigenvalue weighted by atomic mass is 16.5. The molecule has 0 radical (unpaired) electrons. The Morgan fingerprint density at radius 1 is 1.04 bits per heavy atom. The second-order valence-corrected chi connectivity index (χ2v) is 5.51. The Balaban J connectivity index is 1.70. The molecule has 4 heteroatoms. The van der Waals surface area contributed by atoms with Crippen molar-refractivity contribution in [1.29, 1.82) is 0 Å². The Bertz CT molecular complexity index is 792. The standard InChI is InChI=1S/C19H18N2O2/c1-13-12-18(21-23-13)19(22)20-14(2)15-8-10-17(11-9-15)16-6-4-3-5-7-16/h3-12,14H,1-2H3,(H,20,22). The van der Waals surface area contributed by atoms with Gasteiger partial charge in [-0.2, -0.15) is 0 Å². The van der Waals surface area contributed by atoms with E-state index in [9.17, 15) is 4.79 Å². The first-order chi connectivity index (χ1) is 11.1. The molecule has 116 valence electrons. The number of aromatic nitrogens is 1. The monoisotopic (exact) mass is 306 g/mol. The molecule has 0 saturated carbocycles. The summed E-state index contributed by atoms with van der Waals surface area (Å²) in [5.41, 5.74) is 3.67. The maximum Gasteiger partial charge on any atom is 0.273 e. The molecule has 1 aromatic heterocycles. The van der Waals surface area contributed by atoms with E-state index >= 15 is 0 Å². The molecule has 1 heterocycles. The topological polar surface area (TPSA) is 55.1 Å². The zero-order valence-electron chi connectivity index (χ0n) is 13.1. The average Bonchev–Trinajstić information content (AvgIpc) is 3.02. The Labute approximate surface area is 135 Å². The van der Waals surface area contributed by atoms with Gasteiger partial charge in [0.25, 0.3) is 5.91 Å². The van der Waals surface area contributed by atoms with Crippen LogP contribution in [0.4, 0.5) is 0 Å². The molecule has 2 aromatic carbocycles. The third-order valence-electron chi connectivity index (χ3n) is 3.73. The molecule has 1 unspecified atom stereocenters. The van der Waals surface area contributed by atoms with Crippen molar-refractivity contribution in [2.75, 3.05) is 0 Å². The van der Waals surface area contributed by atoms with Crippen LogP contribution >= 0.6 is 0 Å². The molecule has 1 amide bonds. The Kier molecular flexibility index (Phi) is 4.24. The molecule has 4 nitrogen and oxygen atoms in total. The normalized spacial score (nSPS) is 11.9. The van der Waals surface area contributed by atoms with Crippen LogP contribution < -0.4 is 5.32 Å². The van der Waals surface area contributed by atoms with Crippen molar-refractivity contribution in [3.8, 4) is 11.1 Å². The van der Waals surface area contributed by atoms with Crippen LogP contribution in [0, 0.1) is 6.92 Å². The molecule has 0 aliphatic rings. The van der Waals surface area contributed by atoms with E-state index in [1.54, 1.807) is 13.0 Å². The minimum absolute atomic E-state index is 0.107. The lowest BCUT2D eigenvalue weighted by molar-refractivity contribution is 0.0930. The Hall–Kier alpha value is -2.88. The van der Waals surface area contributed by atoms with E-state index in [0.717, 1.165) is 11.1 Å². The van der Waals surface area contributed by atoms with E-state index < -0.39 is 0 Å². The highest BCUT2D eigenvalue weighted by Gasteiger charge is 2.14. The zero-order chi connectivity index (χ0) is 16.2. The van der Waals surface area contributed by atoms with Crippen molar-refractivity contribution in [1.82, 2.24) is 10.5 Å². The van der Waals surface area contributed by atoms with Gasteiger partial charge in [0.1, 0.15) is 5.76 Å². The molecule has 3 rings (SSSR count). The molecule has 0 bridgehead atoms. The van der Waals surface area contributed by atoms with Gasteiger partial charge in [0, 0.05) is 6.07 Å². The molecule has 1 N–H and O–H groups in total. The third-order valence-corrected chi connectivity index (χ3v) is 3.73. The fraction of sp³-hybridized carbons (Fsp3) is 0.158. The van der Waals surface area contributed by atoms with Crippen LogP contribution in [0.3, 0.4) is 0 Å². The van der Waals surface area contributed by atoms with Gasteiger partial charge in [-0.1, -0.05) is 59.8 Å². The predicted molar refractivity (Wildman–Crippen MR) is 89.0 cm³/mol. The summed E-state index contributed by atoms with van der Waals surface area (Å²) in [6, 6.07) is 19.9. The molecule has 0 spiro atoms. The minimum Gasteiger partial charge on any atom is -0.361 e. The molecular formula is C19H18N2O2. The highest BCUT2D eigenvalue weighted by molar-refractivity contribution is 5.92. The first-order valence-electron chi connectivity index (χ1n) is 7.53. The Morgan fingerprint density at radius 2 is 1.70 bits per heavy atom. The minimum atomic E-state index is -0.235. The highest BCUT2D eigenvalue weighted by Crippen LogP contribution is 2.21. The van der Waals surface area contributed by atoms with Gasteiger partial charge in [-0.05, 0) is 30.5 Å². The van der Waals surface area contributed by atoms with Crippen molar-refractivity contribution in [2.24, 2.45) is 0 Å². The molecule has 1 atom stereocenters. The van der Waals surface area contributed by atoms with Gasteiger partial charge in [-0.15, -0.1) is 0 Å². The number of carbonyl (C=O) groups excluding carboxylic acids is 1. The molecule has 0 saturated heterocycles. The second kappa shape index (κ2) is 6.48. The van der Waals surface area contributed by atoms with Crippen LogP contribution in [0.1, 0.15) is 34.8 Å². The first kappa shape index (κ1) is 15.0. The van der Waals surface area contributed by atoms with Crippen LogP contribution in [0.2, 0.25) is 0 Å². The number of benzene rings is 2. The predicted octanol–water partition coefficient (Wildman–Crippen LogP) is 4.14. The lowest BCUT2D eigenvalue weighted by Gasteiger charge is -2.14. The van der Waals surface area contributed by atoms with Gasteiger partial charge < -0.3 is 9.84 Å². The van der Waals surface area contributed by atoms with Crippen LogP contribution in [0.25, 0.3) is 11.1 Å². The van der Waals surface area contributed by atoms with Crippen molar-refractivity contribution in [2.45, 2.75) is 19.9 Å². The summed E-state index contributed by atoms with van der Waals surface area (Å²) in [4.78, 5) is 12.1. The van der Waals surface area contributed by atoms with Gasteiger partial charge in [-0.3, -0.25) is 4.79 Å². The quantitative estimate of drug-likeness (QED) is 0.788. The molecule has 3 aromatic rings. The first-order valence-corrected chi connectivity index (χ1v) is 7.53. The smallest absolute Gasteiger partial charge is 0.273 e. The molecule has 23 heavy (non-hydrogen) atoms. The SMILES string of the molecule is Cc1cc(C(=O)NC(C)c2ccc(-c3ccccc3)cc2)no1. The number of carbonyl (C=O) groups is 1. The van der Waals surface area contributed by atoms with E-state index in [4.69, 9.17) is 4.52 Å². The lowest BCUT2D eigenvalue weighted by atomic mass is 10.0. The largest absolute Gasteiger partial charge is 0.361 e. The summed E-state index contributed by atoms with van der Waals surface area (Å²) >= 11 is 0. The van der Waals surface area contributed by atoms with E-state index in [2.05, 4.69) is 34.7 Å². The van der Waals surface area contributed by atoms with Gasteiger partial charge in [0.05, 0.1) is 6.04 Å². The number of nitrogens with zero attached hydrogens (tertiary/aromatic N) is 1. The van der Waals surface area contributed by atoms with Gasteiger partial charge in [0.2, 0.25) is 0 Å². The fourth-order valence-electron chi connectivity index (χ4n) is 2.42. The molecule has 0 fully saturated rings. The Morgan fingerprint density at radius 3 is 2.30 bits per heavy atom.